The van der Waals surface area contributed by atoms with Crippen molar-refractivity contribution in [2.45, 2.75) is 62.2 Å². The van der Waals surface area contributed by atoms with Crippen LogP contribution >= 0.6 is 23.5 Å². The lowest BCUT2D eigenvalue weighted by Gasteiger charge is -2.24. The van der Waals surface area contributed by atoms with Crippen LogP contribution in [0, 0.1) is 17.0 Å². The maximum absolute atomic E-state index is 15.0. The topological polar surface area (TPSA) is 46.5 Å². The van der Waals surface area contributed by atoms with Crippen LogP contribution in [0.25, 0.3) is 22.3 Å². The molecule has 0 radical (unpaired) electrons. The van der Waals surface area contributed by atoms with Gasteiger partial charge in [-0.1, -0.05) is 39.0 Å². The average Bonchev–Trinajstić information content (AvgIpc) is 3.40. The van der Waals surface area contributed by atoms with Gasteiger partial charge in [0.2, 0.25) is 0 Å². The van der Waals surface area contributed by atoms with Crippen molar-refractivity contribution in [3.05, 3.63) is 59.6 Å². The highest BCUT2D eigenvalue weighted by Crippen LogP contribution is 2.37. The van der Waals surface area contributed by atoms with Crippen LogP contribution in [0.15, 0.2) is 46.3 Å². The van der Waals surface area contributed by atoms with E-state index in [-0.39, 0.29) is 23.0 Å². The fourth-order valence-electron chi connectivity index (χ4n) is 4.80. The Kier molecular flexibility index (Phi) is 7.18. The molecule has 190 valence electrons. The van der Waals surface area contributed by atoms with Crippen molar-refractivity contribution in [3.63, 3.8) is 0 Å². The van der Waals surface area contributed by atoms with Gasteiger partial charge in [0.05, 0.1) is 5.56 Å². The van der Waals surface area contributed by atoms with Crippen molar-refractivity contribution in [2.75, 3.05) is 11.5 Å². The van der Waals surface area contributed by atoms with E-state index >= 15 is 4.39 Å². The van der Waals surface area contributed by atoms with Crippen LogP contribution in [-0.4, -0.2) is 31.3 Å². The Hall–Kier alpha value is -2.32. The standard InChI is InChI=1S/C28H32F2N4S2/c1-17-6-5-10-28(2,3)16-35-11-9-18-15-31-24-14-23(30)25(13-20(18)24)36-19-7-8-22(29)21(12-19)27-32-26(17)33-34(27)4/h7-8,12-15,17,31H,5-6,9-11,16H2,1-4H3. The number of benzene rings is 2. The van der Waals surface area contributed by atoms with Crippen LogP contribution in [0.4, 0.5) is 8.78 Å². The number of aryl methyl sites for hydroxylation is 2. The molecule has 0 fully saturated rings. The third-order valence-corrected chi connectivity index (χ3v) is 9.45. The maximum Gasteiger partial charge on any atom is 0.161 e. The van der Waals surface area contributed by atoms with Gasteiger partial charge in [-0.15, -0.1) is 0 Å². The number of nitrogens with one attached hydrogen (secondary N) is 1. The van der Waals surface area contributed by atoms with E-state index in [1.807, 2.05) is 24.0 Å². The molecule has 0 saturated carbocycles. The molecule has 2 aromatic heterocycles. The molecule has 0 aliphatic carbocycles. The Balaban J connectivity index is 1.55. The summed E-state index contributed by atoms with van der Waals surface area (Å²) in [6.07, 6.45) is 6.15. The molecular weight excluding hydrogens is 494 g/mol. The highest BCUT2D eigenvalue weighted by molar-refractivity contribution is 7.99. The molecule has 5 rings (SSSR count). The van der Waals surface area contributed by atoms with E-state index in [2.05, 4.69) is 30.9 Å². The first-order valence-corrected chi connectivity index (χ1v) is 14.4. The van der Waals surface area contributed by atoms with E-state index in [4.69, 9.17) is 4.98 Å². The molecule has 6 bridgehead atoms. The van der Waals surface area contributed by atoms with Gasteiger partial charge in [0, 0.05) is 39.9 Å². The first-order chi connectivity index (χ1) is 17.2. The molecule has 0 spiro atoms. The SMILES string of the molecule is CC1CCCC(C)(C)CSCCc2c[nH]c3cc(F)c(cc23)Sc2ccc(F)c(c2)-c2nc1nn2C. The Bertz CT molecular complexity index is 1390. The van der Waals surface area contributed by atoms with Crippen LogP contribution in [0.3, 0.4) is 0 Å². The zero-order chi connectivity index (χ0) is 25.4. The minimum Gasteiger partial charge on any atom is -0.361 e. The molecule has 0 amide bonds. The number of aromatic amines is 1. The van der Waals surface area contributed by atoms with Crippen LogP contribution in [0.2, 0.25) is 0 Å². The molecule has 1 aliphatic rings. The molecule has 36 heavy (non-hydrogen) atoms. The molecule has 1 N–H and O–H groups in total. The zero-order valence-corrected chi connectivity index (χ0v) is 22.8. The molecule has 2 aromatic carbocycles. The lowest BCUT2D eigenvalue weighted by atomic mass is 9.88. The Morgan fingerprint density at radius 1 is 1.14 bits per heavy atom. The number of H-pyrrole nitrogens is 1. The molecule has 0 saturated heterocycles. The number of nitrogens with zero attached hydrogens (tertiary/aromatic N) is 3. The van der Waals surface area contributed by atoms with Gasteiger partial charge >= 0.3 is 0 Å². The fraction of sp³-hybridized carbons (Fsp3) is 0.429. The summed E-state index contributed by atoms with van der Waals surface area (Å²) in [5.74, 6) is 2.88. The van der Waals surface area contributed by atoms with Crippen molar-refractivity contribution in [2.24, 2.45) is 12.5 Å². The van der Waals surface area contributed by atoms with Crippen LogP contribution < -0.4 is 0 Å². The number of aromatic nitrogens is 4. The van der Waals surface area contributed by atoms with E-state index in [1.54, 1.807) is 29.9 Å². The number of hydrogen-bond acceptors (Lipinski definition) is 4. The average molecular weight is 527 g/mol. The largest absolute Gasteiger partial charge is 0.361 e. The predicted molar refractivity (Wildman–Crippen MR) is 146 cm³/mol. The second-order valence-electron chi connectivity index (χ2n) is 10.6. The van der Waals surface area contributed by atoms with Crippen molar-refractivity contribution >= 4 is 34.4 Å². The Labute approximate surface area is 219 Å². The summed E-state index contributed by atoms with van der Waals surface area (Å²) in [6.45, 7) is 6.81. The van der Waals surface area contributed by atoms with Crippen molar-refractivity contribution in [3.8, 4) is 11.4 Å². The summed E-state index contributed by atoms with van der Waals surface area (Å²) in [6, 6.07) is 8.34. The summed E-state index contributed by atoms with van der Waals surface area (Å²) in [7, 11) is 1.80. The third-order valence-electron chi connectivity index (χ3n) is 6.95. The van der Waals surface area contributed by atoms with Gasteiger partial charge in [-0.2, -0.15) is 16.9 Å². The highest BCUT2D eigenvalue weighted by atomic mass is 32.2. The van der Waals surface area contributed by atoms with Gasteiger partial charge in [0.15, 0.2) is 11.6 Å². The summed E-state index contributed by atoms with van der Waals surface area (Å²) in [5.41, 5.74) is 2.63. The van der Waals surface area contributed by atoms with Crippen molar-refractivity contribution < 1.29 is 8.78 Å². The normalized spacial score (nSPS) is 19.0. The van der Waals surface area contributed by atoms with E-state index in [1.165, 1.54) is 23.4 Å². The summed E-state index contributed by atoms with van der Waals surface area (Å²) in [5, 5.41) is 5.66. The smallest absolute Gasteiger partial charge is 0.161 e. The predicted octanol–water partition coefficient (Wildman–Crippen LogP) is 7.98. The summed E-state index contributed by atoms with van der Waals surface area (Å²) < 4.78 is 31.6. The number of halogens is 2. The first-order valence-electron chi connectivity index (χ1n) is 12.5. The van der Waals surface area contributed by atoms with Crippen LogP contribution in [-0.2, 0) is 13.5 Å². The van der Waals surface area contributed by atoms with Crippen molar-refractivity contribution in [1.82, 2.24) is 19.7 Å². The lowest BCUT2D eigenvalue weighted by molar-refractivity contribution is 0.361. The number of fused-ring (bicyclic) bond motifs is 6. The first kappa shape index (κ1) is 25.3. The number of rotatable bonds is 0. The van der Waals surface area contributed by atoms with Crippen LogP contribution in [0.1, 0.15) is 57.3 Å². The number of hydrogen-bond donors (Lipinski definition) is 1. The molecule has 8 heteroatoms. The third kappa shape index (κ3) is 5.35. The monoisotopic (exact) mass is 526 g/mol. The quantitative estimate of drug-likeness (QED) is 0.252. The summed E-state index contributed by atoms with van der Waals surface area (Å²) in [4.78, 5) is 9.24. The molecule has 4 aromatic rings. The molecular formula is C28H32F2N4S2. The second-order valence-corrected chi connectivity index (χ2v) is 12.8. The minimum absolute atomic E-state index is 0.187. The van der Waals surface area contributed by atoms with E-state index in [0.717, 1.165) is 58.8 Å². The van der Waals surface area contributed by atoms with E-state index < -0.39 is 0 Å². The van der Waals surface area contributed by atoms with Crippen molar-refractivity contribution in [1.29, 1.82) is 0 Å². The van der Waals surface area contributed by atoms with E-state index in [9.17, 15) is 4.39 Å². The molecule has 4 nitrogen and oxygen atoms in total. The van der Waals surface area contributed by atoms with Crippen LogP contribution in [0.5, 0.6) is 0 Å². The minimum atomic E-state index is -0.362. The number of thioether (sulfide) groups is 1. The second kappa shape index (κ2) is 10.2. The molecule has 1 unspecified atom stereocenters. The van der Waals surface area contributed by atoms with Gasteiger partial charge in [0.1, 0.15) is 11.6 Å². The van der Waals surface area contributed by atoms with E-state index in [0.29, 0.717) is 16.3 Å². The van der Waals surface area contributed by atoms with Gasteiger partial charge in [-0.3, -0.25) is 0 Å². The zero-order valence-electron chi connectivity index (χ0n) is 21.2. The molecule has 1 aliphatic heterocycles. The van der Waals surface area contributed by atoms with Gasteiger partial charge in [0.25, 0.3) is 0 Å². The Morgan fingerprint density at radius 3 is 2.81 bits per heavy atom. The lowest BCUT2D eigenvalue weighted by Crippen LogP contribution is -2.15. The summed E-state index contributed by atoms with van der Waals surface area (Å²) >= 11 is 3.29. The fourth-order valence-corrected chi connectivity index (χ4v) is 6.90. The molecule has 1 atom stereocenters. The van der Waals surface area contributed by atoms with Gasteiger partial charge < -0.3 is 4.98 Å². The molecule has 3 heterocycles. The van der Waals surface area contributed by atoms with Gasteiger partial charge in [-0.05, 0) is 72.1 Å². The maximum atomic E-state index is 15.0. The van der Waals surface area contributed by atoms with Gasteiger partial charge in [-0.25, -0.2) is 18.4 Å². The Morgan fingerprint density at radius 2 is 1.97 bits per heavy atom. The highest BCUT2D eigenvalue weighted by Gasteiger charge is 2.22.